The molecule has 101 heavy (non-hydrogen) atoms. The Morgan fingerprint density at radius 3 is 1.84 bits per heavy atom. The molecule has 15 atom stereocenters. The largest absolute Gasteiger partial charge is 0.481 e. The van der Waals surface area contributed by atoms with Crippen LogP contribution in [0.5, 0.6) is 0 Å². The first-order chi connectivity index (χ1) is 47.4. The normalized spacial score (nSPS) is 22.9. The van der Waals surface area contributed by atoms with E-state index in [1.807, 2.05) is 27.7 Å². The van der Waals surface area contributed by atoms with Crippen molar-refractivity contribution in [1.82, 2.24) is 68.5 Å². The van der Waals surface area contributed by atoms with Crippen LogP contribution in [-0.4, -0.2) is 199 Å². The Hall–Kier alpha value is -8.43. The van der Waals surface area contributed by atoms with Crippen LogP contribution < -0.4 is 75.7 Å². The first-order valence-corrected chi connectivity index (χ1v) is 35.1. The second-order valence-corrected chi connectivity index (χ2v) is 27.0. The van der Waals surface area contributed by atoms with Crippen molar-refractivity contribution in [3.8, 4) is 0 Å². The average Bonchev–Trinajstić information content (AvgIpc) is 1.83. The number of carboxylic acid groups (broad SMARTS) is 2. The number of imidazole rings is 1. The van der Waals surface area contributed by atoms with Gasteiger partial charge in [-0.3, -0.25) is 72.1 Å². The number of aromatic amines is 1. The van der Waals surface area contributed by atoms with Gasteiger partial charge in [-0.1, -0.05) is 105 Å². The summed E-state index contributed by atoms with van der Waals surface area (Å²) in [5.74, 6) is -15.4. The van der Waals surface area contributed by atoms with Crippen LogP contribution in [0.1, 0.15) is 150 Å². The number of carboxylic acids is 2. The molecule has 0 spiro atoms. The summed E-state index contributed by atoms with van der Waals surface area (Å²) in [6, 6.07) is -8.34. The molecule has 0 aliphatic carbocycles. The van der Waals surface area contributed by atoms with Crippen LogP contribution in [0.25, 0.3) is 0 Å². The number of aliphatic carboxylic acids is 2. The van der Waals surface area contributed by atoms with E-state index in [4.69, 9.17) is 17.2 Å². The molecule has 1 fully saturated rings. The summed E-state index contributed by atoms with van der Waals surface area (Å²) in [4.78, 5) is 207. The maximum absolute atomic E-state index is 14.9. The van der Waals surface area contributed by atoms with Crippen molar-refractivity contribution in [2.75, 3.05) is 18.8 Å². The SMILES string of the molecule is CC[C@H](C)[C@H](N)C1=N[C@H](C(=O)N[C@@H](CC(C)C)C(=O)N[C@H](CCC(=O)O)C(=O)N[C@H](C(=O)N[C@H]2CCCCNC(=O)[C@H](CC(N)=O)NC(=O)[C@@H](CC(=O)O)NC(=O)[C@H](Cc3cnc[nH]3)NC(=O)[C@@H](Cc3ccccc3)NC(=O)[C@H]([C@@H](C)CC)NC(=O)[C@@H](CCCN)NC2=O)[C@@H](C)CC)CS1.[Zn]. The maximum atomic E-state index is 14.9. The van der Waals surface area contributed by atoms with E-state index in [9.17, 15) is 77.3 Å². The Labute approximate surface area is 605 Å². The number of nitrogens with two attached hydrogens (primary N) is 3. The number of thioether (sulfide) groups is 1. The topological polar surface area (TPSA) is 531 Å². The van der Waals surface area contributed by atoms with Gasteiger partial charge in [-0.05, 0) is 80.7 Å². The molecular formula is C66H103N17O16SZn. The molecule has 556 valence electrons. The summed E-state index contributed by atoms with van der Waals surface area (Å²) >= 11 is 1.35. The molecule has 0 unspecified atom stereocenters. The Kier molecular flexibility index (Phi) is 37.9. The van der Waals surface area contributed by atoms with Gasteiger partial charge in [0.2, 0.25) is 70.9 Å². The number of H-pyrrole nitrogens is 1. The molecule has 3 heterocycles. The van der Waals surface area contributed by atoms with Gasteiger partial charge in [-0.2, -0.15) is 0 Å². The quantitative estimate of drug-likeness (QED) is 0.0375. The third kappa shape index (κ3) is 29.2. The van der Waals surface area contributed by atoms with Gasteiger partial charge >= 0.3 is 11.9 Å². The zero-order chi connectivity index (χ0) is 74.3. The third-order valence-corrected chi connectivity index (χ3v) is 18.6. The number of nitrogens with one attached hydrogen (secondary N) is 12. The molecule has 35 heteroatoms. The van der Waals surface area contributed by atoms with Crippen LogP contribution in [-0.2, 0) is 99.4 Å². The number of aliphatic imine (C=N–C) groups is 1. The Morgan fingerprint density at radius 2 is 1.26 bits per heavy atom. The Morgan fingerprint density at radius 1 is 0.663 bits per heavy atom. The zero-order valence-electron chi connectivity index (χ0n) is 58.9. The van der Waals surface area contributed by atoms with E-state index in [-0.39, 0.29) is 114 Å². The minimum atomic E-state index is -1.94. The number of carbonyl (C=O) groups excluding carboxylic acids is 12. The van der Waals surface area contributed by atoms with E-state index < -0.39 is 193 Å². The van der Waals surface area contributed by atoms with Crippen molar-refractivity contribution in [3.05, 3.63) is 54.1 Å². The smallest absolute Gasteiger partial charge is 0.305 e. The average molecular weight is 1490 g/mol. The predicted octanol–water partition coefficient (Wildman–Crippen LogP) is -1.68. The fraction of sp³-hybridized carbons (Fsp3) is 0.636. The van der Waals surface area contributed by atoms with Gasteiger partial charge in [-0.15, -0.1) is 11.8 Å². The number of carbonyl (C=O) groups is 14. The molecule has 12 amide bonds. The molecule has 2 aliphatic rings. The van der Waals surface area contributed by atoms with Crippen LogP contribution in [0.15, 0.2) is 47.8 Å². The molecule has 33 nitrogen and oxygen atoms in total. The molecule has 1 saturated heterocycles. The number of primary amides is 1. The molecule has 0 radical (unpaired) electrons. The zero-order valence-corrected chi connectivity index (χ0v) is 62.6. The molecule has 2 aromatic rings. The summed E-state index contributed by atoms with van der Waals surface area (Å²) in [6.07, 6.45) is 0.368. The number of amides is 12. The first kappa shape index (κ1) is 86.8. The van der Waals surface area contributed by atoms with Gasteiger partial charge in [0.05, 0.1) is 30.3 Å². The number of benzene rings is 1. The molecular weight excluding hydrogens is 1380 g/mol. The molecule has 4 rings (SSSR count). The van der Waals surface area contributed by atoms with Gasteiger partial charge in [0.1, 0.15) is 66.5 Å². The van der Waals surface area contributed by atoms with E-state index >= 15 is 0 Å². The number of hydrogen-bond donors (Lipinski definition) is 17. The summed E-state index contributed by atoms with van der Waals surface area (Å²) in [5, 5.41) is 49.1. The summed E-state index contributed by atoms with van der Waals surface area (Å²) in [5.41, 5.74) is 18.7. The minimum Gasteiger partial charge on any atom is -0.481 e. The van der Waals surface area contributed by atoms with Crippen molar-refractivity contribution in [1.29, 1.82) is 0 Å². The van der Waals surface area contributed by atoms with Crippen LogP contribution in [0.3, 0.4) is 0 Å². The van der Waals surface area contributed by atoms with Gasteiger partial charge in [0.15, 0.2) is 0 Å². The van der Waals surface area contributed by atoms with Crippen LogP contribution in [0.2, 0.25) is 0 Å². The number of aromatic nitrogens is 2. The van der Waals surface area contributed by atoms with E-state index in [1.165, 1.54) is 24.3 Å². The van der Waals surface area contributed by atoms with Gasteiger partial charge in [0.25, 0.3) is 0 Å². The van der Waals surface area contributed by atoms with Gasteiger partial charge in [-0.25, -0.2) is 4.98 Å². The van der Waals surface area contributed by atoms with Gasteiger partial charge < -0.3 is 90.9 Å². The second-order valence-electron chi connectivity index (χ2n) is 26.0. The third-order valence-electron chi connectivity index (χ3n) is 17.5. The Balaban J connectivity index is 0.0000265. The molecule has 1 aromatic carbocycles. The van der Waals surface area contributed by atoms with Crippen LogP contribution >= 0.6 is 11.8 Å². The van der Waals surface area contributed by atoms with E-state index in [1.54, 1.807) is 58.0 Å². The number of nitrogens with zero attached hydrogens (tertiary/aromatic N) is 2. The first-order valence-electron chi connectivity index (χ1n) is 34.1. The van der Waals surface area contributed by atoms with Crippen molar-refractivity contribution >= 4 is 99.6 Å². The monoisotopic (exact) mass is 1490 g/mol. The predicted molar refractivity (Wildman–Crippen MR) is 369 cm³/mol. The molecule has 0 bridgehead atoms. The molecule has 1 aromatic heterocycles. The van der Waals surface area contributed by atoms with Crippen molar-refractivity contribution in [2.45, 2.75) is 224 Å². The van der Waals surface area contributed by atoms with Gasteiger partial charge in [0, 0.05) is 62.9 Å². The summed E-state index contributed by atoms with van der Waals surface area (Å²) in [7, 11) is 0. The number of rotatable bonds is 31. The minimum absolute atomic E-state index is 0. The van der Waals surface area contributed by atoms with Crippen molar-refractivity contribution in [3.63, 3.8) is 0 Å². The molecule has 0 saturated carbocycles. The summed E-state index contributed by atoms with van der Waals surface area (Å²) in [6.45, 7) is 14.1. The van der Waals surface area contributed by atoms with Crippen molar-refractivity contribution in [2.24, 2.45) is 45.9 Å². The second kappa shape index (κ2) is 44.1. The standard InChI is InChI=1S/C66H103N17O16S.Zn/c1-9-35(6)52(69)66-81-48(32-100-66)63(97)76-43(26-34(4)5)59(93)74-42(22-23-50(85)86)58(92)83-53(36(7)10-2)64(98)75-40-20-15-16-25-71-55(89)46(29-49(68)84)78-62(96)47(30-51(87)88)79-61(95)45(28-39-31-70-33-72-39)77-60(94)44(27-38-18-13-12-14-19-38)80-65(99)54(37(8)11-3)82-57(91)41(21-17-24-67)73-56(40)90;/h12-14,18-19,31,33-37,40-48,52-54H,9-11,15-17,20-30,32,67,69H2,1-8H3,(H2,68,84)(H,70,72)(H,71,89)(H,73,90)(H,74,93)(H,75,98)(H,76,97)(H,77,94)(H,78,96)(H,79,95)(H,80,99)(H,82,91)(H,83,92)(H,85,86)(H,87,88);/t35-,36-,37-,40-,41+,42+,43-,44+,45-,46-,47+,48-,52-,53-,54-;/m0./s1. The summed E-state index contributed by atoms with van der Waals surface area (Å²) < 4.78 is 0. The molecule has 20 N–H and O–H groups in total. The van der Waals surface area contributed by atoms with Crippen LogP contribution in [0.4, 0.5) is 0 Å². The van der Waals surface area contributed by atoms with E-state index in [0.717, 1.165) is 6.42 Å². The van der Waals surface area contributed by atoms with E-state index in [0.29, 0.717) is 16.3 Å². The van der Waals surface area contributed by atoms with Crippen LogP contribution in [0, 0.1) is 23.7 Å². The Bertz CT molecular complexity index is 3170. The maximum Gasteiger partial charge on any atom is 0.305 e. The fourth-order valence-electron chi connectivity index (χ4n) is 10.9. The fourth-order valence-corrected chi connectivity index (χ4v) is 12.0. The number of hydrogen-bond acceptors (Lipinski definition) is 19. The molecule has 2 aliphatic heterocycles. The van der Waals surface area contributed by atoms with E-state index in [2.05, 4.69) is 73.4 Å². The van der Waals surface area contributed by atoms with Crippen molar-refractivity contribution < 1.29 is 96.8 Å².